The van der Waals surface area contributed by atoms with Gasteiger partial charge in [-0.05, 0) is 45.5 Å². The third-order valence-corrected chi connectivity index (χ3v) is 2.44. The van der Waals surface area contributed by atoms with Crippen LogP contribution in [0.15, 0.2) is 18.2 Å². The Labute approximate surface area is 118 Å². The van der Waals surface area contributed by atoms with Gasteiger partial charge >= 0.3 is 6.09 Å². The molecule has 1 amide bonds. The van der Waals surface area contributed by atoms with Gasteiger partial charge in [0, 0.05) is 6.54 Å². The first-order chi connectivity index (χ1) is 9.23. The van der Waals surface area contributed by atoms with Gasteiger partial charge in [-0.2, -0.15) is 0 Å². The van der Waals surface area contributed by atoms with Crippen molar-refractivity contribution in [1.82, 2.24) is 5.32 Å². The summed E-state index contributed by atoms with van der Waals surface area (Å²) in [7, 11) is 1.73. The Morgan fingerprint density at radius 2 is 2.05 bits per heavy atom. The van der Waals surface area contributed by atoms with Crippen LogP contribution >= 0.6 is 0 Å². The number of likely N-dealkylation sites (N-methyl/N-ethyl adjacent to an activating group) is 1. The highest BCUT2D eigenvalue weighted by atomic mass is 16.6. The van der Waals surface area contributed by atoms with Crippen LogP contribution in [0.3, 0.4) is 0 Å². The zero-order valence-corrected chi connectivity index (χ0v) is 12.2. The molecule has 0 radical (unpaired) electrons. The number of carbonyl (C=O) groups excluding carboxylic acids is 1. The largest absolute Gasteiger partial charge is 0.506 e. The second-order valence-corrected chi connectivity index (χ2v) is 5.48. The van der Waals surface area contributed by atoms with Gasteiger partial charge in [0.2, 0.25) is 0 Å². The van der Waals surface area contributed by atoms with Crippen molar-refractivity contribution in [3.63, 3.8) is 0 Å². The third kappa shape index (κ3) is 5.07. The number of hydrogen-bond donors (Lipinski definition) is 4. The lowest BCUT2D eigenvalue weighted by atomic mass is 10.1. The fourth-order valence-corrected chi connectivity index (χ4v) is 1.59. The lowest BCUT2D eigenvalue weighted by Crippen LogP contribution is -2.27. The first kappa shape index (κ1) is 16.3. The highest BCUT2D eigenvalue weighted by molar-refractivity contribution is 5.87. The Morgan fingerprint density at radius 1 is 1.40 bits per heavy atom. The number of nitrogens with one attached hydrogen (secondary N) is 2. The molecule has 112 valence electrons. The van der Waals surface area contributed by atoms with E-state index in [0.717, 1.165) is 0 Å². The predicted molar refractivity (Wildman–Crippen MR) is 76.9 cm³/mol. The van der Waals surface area contributed by atoms with Crippen LogP contribution < -0.4 is 10.6 Å². The standard InChI is InChI=1S/C14H22N2O4/c1-14(2,3)20-13(19)16-10-7-9(5-6-11(10)17)12(18)8-15-4/h5-7,12,15,17-18H,8H2,1-4H3,(H,16,19). The second-order valence-electron chi connectivity index (χ2n) is 5.48. The number of phenolic OH excluding ortho intramolecular Hbond substituents is 1. The van der Waals surface area contributed by atoms with Crippen molar-refractivity contribution in [2.24, 2.45) is 0 Å². The molecule has 0 aliphatic rings. The highest BCUT2D eigenvalue weighted by Gasteiger charge is 2.18. The average Bonchev–Trinajstić information content (AvgIpc) is 2.29. The summed E-state index contributed by atoms with van der Waals surface area (Å²) in [6.07, 6.45) is -1.38. The van der Waals surface area contributed by atoms with E-state index in [1.54, 1.807) is 33.9 Å². The maximum atomic E-state index is 11.7. The Kier molecular flexibility index (Phi) is 5.35. The van der Waals surface area contributed by atoms with E-state index in [1.807, 2.05) is 0 Å². The minimum atomic E-state index is -0.722. The molecule has 20 heavy (non-hydrogen) atoms. The molecule has 1 unspecified atom stereocenters. The molecule has 0 bridgehead atoms. The Morgan fingerprint density at radius 3 is 2.60 bits per heavy atom. The van der Waals surface area contributed by atoms with Gasteiger partial charge in [0.25, 0.3) is 0 Å². The summed E-state index contributed by atoms with van der Waals surface area (Å²) in [5.74, 6) is -0.0868. The molecule has 1 atom stereocenters. The van der Waals surface area contributed by atoms with Gasteiger partial charge in [0.1, 0.15) is 11.4 Å². The molecule has 6 nitrogen and oxygen atoms in total. The molecule has 0 spiro atoms. The molecule has 0 heterocycles. The van der Waals surface area contributed by atoms with E-state index in [4.69, 9.17) is 4.74 Å². The second kappa shape index (κ2) is 6.58. The molecule has 0 aliphatic carbocycles. The molecule has 6 heteroatoms. The number of rotatable bonds is 4. The topological polar surface area (TPSA) is 90.8 Å². The molecule has 1 aromatic rings. The minimum absolute atomic E-state index is 0.0868. The summed E-state index contributed by atoms with van der Waals surface area (Å²) >= 11 is 0. The number of benzene rings is 1. The van der Waals surface area contributed by atoms with Crippen LogP contribution in [-0.4, -0.2) is 35.5 Å². The molecular formula is C14H22N2O4. The first-order valence-electron chi connectivity index (χ1n) is 6.38. The molecule has 0 saturated heterocycles. The fraction of sp³-hybridized carbons (Fsp3) is 0.500. The maximum Gasteiger partial charge on any atom is 0.412 e. The summed E-state index contributed by atoms with van der Waals surface area (Å²) in [6, 6.07) is 4.53. The van der Waals surface area contributed by atoms with Crippen molar-refractivity contribution in [3.8, 4) is 5.75 Å². The molecule has 1 rings (SSSR count). The lowest BCUT2D eigenvalue weighted by Gasteiger charge is -2.20. The number of ether oxygens (including phenoxy) is 1. The van der Waals surface area contributed by atoms with E-state index < -0.39 is 17.8 Å². The average molecular weight is 282 g/mol. The van der Waals surface area contributed by atoms with Gasteiger partial charge in [-0.25, -0.2) is 4.79 Å². The van der Waals surface area contributed by atoms with Crippen molar-refractivity contribution >= 4 is 11.8 Å². The number of aliphatic hydroxyl groups excluding tert-OH is 1. The van der Waals surface area contributed by atoms with E-state index in [2.05, 4.69) is 10.6 Å². The summed E-state index contributed by atoms with van der Waals surface area (Å²) < 4.78 is 5.11. The highest BCUT2D eigenvalue weighted by Crippen LogP contribution is 2.27. The lowest BCUT2D eigenvalue weighted by molar-refractivity contribution is 0.0635. The van der Waals surface area contributed by atoms with Crippen molar-refractivity contribution in [3.05, 3.63) is 23.8 Å². The number of aliphatic hydroxyl groups is 1. The van der Waals surface area contributed by atoms with Gasteiger partial charge in [-0.3, -0.25) is 5.32 Å². The summed E-state index contributed by atoms with van der Waals surface area (Å²) in [5, 5.41) is 24.9. The number of phenols is 1. The number of hydrogen-bond acceptors (Lipinski definition) is 5. The van der Waals surface area contributed by atoms with Gasteiger partial charge in [-0.1, -0.05) is 6.07 Å². The minimum Gasteiger partial charge on any atom is -0.506 e. The van der Waals surface area contributed by atoms with Gasteiger partial charge in [-0.15, -0.1) is 0 Å². The fourth-order valence-electron chi connectivity index (χ4n) is 1.59. The number of amides is 1. The first-order valence-corrected chi connectivity index (χ1v) is 6.38. The van der Waals surface area contributed by atoms with Crippen LogP contribution in [0.5, 0.6) is 5.75 Å². The summed E-state index contributed by atoms with van der Waals surface area (Å²) in [4.78, 5) is 11.7. The molecular weight excluding hydrogens is 260 g/mol. The van der Waals surface area contributed by atoms with E-state index in [0.29, 0.717) is 12.1 Å². The normalized spacial score (nSPS) is 12.8. The number of carbonyl (C=O) groups is 1. The van der Waals surface area contributed by atoms with Gasteiger partial charge < -0.3 is 20.3 Å². The Balaban J connectivity index is 2.84. The summed E-state index contributed by atoms with van der Waals surface area (Å²) in [5.41, 5.74) is 0.165. The van der Waals surface area contributed by atoms with Crippen LogP contribution in [0.25, 0.3) is 0 Å². The van der Waals surface area contributed by atoms with Crippen LogP contribution in [0, 0.1) is 0 Å². The van der Waals surface area contributed by atoms with E-state index in [1.165, 1.54) is 12.1 Å². The van der Waals surface area contributed by atoms with E-state index >= 15 is 0 Å². The number of anilines is 1. The molecule has 0 fully saturated rings. The van der Waals surface area contributed by atoms with Crippen LogP contribution in [-0.2, 0) is 4.74 Å². The third-order valence-electron chi connectivity index (χ3n) is 2.44. The van der Waals surface area contributed by atoms with Crippen molar-refractivity contribution in [2.75, 3.05) is 18.9 Å². The van der Waals surface area contributed by atoms with Crippen LogP contribution in [0.1, 0.15) is 32.4 Å². The molecule has 4 N–H and O–H groups in total. The molecule has 0 aliphatic heterocycles. The molecule has 0 aromatic heterocycles. The van der Waals surface area contributed by atoms with Crippen molar-refractivity contribution in [2.45, 2.75) is 32.5 Å². The van der Waals surface area contributed by atoms with E-state index in [9.17, 15) is 15.0 Å². The van der Waals surface area contributed by atoms with Crippen LogP contribution in [0.2, 0.25) is 0 Å². The van der Waals surface area contributed by atoms with Crippen LogP contribution in [0.4, 0.5) is 10.5 Å². The van der Waals surface area contributed by atoms with Gasteiger partial charge in [0.15, 0.2) is 0 Å². The molecule has 0 saturated carbocycles. The Bertz CT molecular complexity index is 469. The van der Waals surface area contributed by atoms with Crippen molar-refractivity contribution in [1.29, 1.82) is 0 Å². The zero-order valence-electron chi connectivity index (χ0n) is 12.2. The molecule has 1 aromatic carbocycles. The quantitative estimate of drug-likeness (QED) is 0.634. The SMILES string of the molecule is CNCC(O)c1ccc(O)c(NC(=O)OC(C)(C)C)c1. The zero-order chi connectivity index (χ0) is 15.3. The Hall–Kier alpha value is -1.79. The summed E-state index contributed by atoms with van der Waals surface area (Å²) in [6.45, 7) is 5.62. The van der Waals surface area contributed by atoms with E-state index in [-0.39, 0.29) is 11.4 Å². The number of aromatic hydroxyl groups is 1. The smallest absolute Gasteiger partial charge is 0.412 e. The maximum absolute atomic E-state index is 11.7. The monoisotopic (exact) mass is 282 g/mol. The predicted octanol–water partition coefficient (Wildman–Crippen LogP) is 1.99. The van der Waals surface area contributed by atoms with Gasteiger partial charge in [0.05, 0.1) is 11.8 Å². The van der Waals surface area contributed by atoms with Crippen molar-refractivity contribution < 1.29 is 19.7 Å².